The summed E-state index contributed by atoms with van der Waals surface area (Å²) in [7, 11) is -1.57. The van der Waals surface area contributed by atoms with E-state index in [4.69, 9.17) is 0 Å². The predicted molar refractivity (Wildman–Crippen MR) is 127 cm³/mol. The Morgan fingerprint density at radius 2 is 1.79 bits per heavy atom. The summed E-state index contributed by atoms with van der Waals surface area (Å²) in [6, 6.07) is 8.28. The minimum atomic E-state index is -3.69. The van der Waals surface area contributed by atoms with Crippen LogP contribution >= 0.6 is 0 Å². The fourth-order valence-corrected chi connectivity index (χ4v) is 5.77. The van der Waals surface area contributed by atoms with E-state index in [0.29, 0.717) is 32.4 Å². The maximum absolute atomic E-state index is 13.1. The van der Waals surface area contributed by atoms with Gasteiger partial charge in [0.05, 0.1) is 4.90 Å². The van der Waals surface area contributed by atoms with Gasteiger partial charge in [0.2, 0.25) is 21.8 Å². The molecule has 0 aliphatic carbocycles. The number of carbonyl (C=O) groups is 2. The zero-order chi connectivity index (χ0) is 23.7. The molecule has 33 heavy (non-hydrogen) atoms. The van der Waals surface area contributed by atoms with Gasteiger partial charge < -0.3 is 15.5 Å². The van der Waals surface area contributed by atoms with Gasteiger partial charge in [0, 0.05) is 71.2 Å². The summed E-state index contributed by atoms with van der Waals surface area (Å²) in [5.74, 6) is -0.466. The SMILES string of the molecule is CN1CCN(CCNC(=O)C2CCCN(S(=O)(=O)c3ccccc3)CCC(=O)NCC2)CC1. The minimum Gasteiger partial charge on any atom is -0.356 e. The normalized spacial score (nSPS) is 22.8. The van der Waals surface area contributed by atoms with Crippen molar-refractivity contribution in [3.63, 3.8) is 0 Å². The van der Waals surface area contributed by atoms with Gasteiger partial charge in [-0.3, -0.25) is 14.5 Å². The molecular weight excluding hydrogens is 442 g/mol. The van der Waals surface area contributed by atoms with Crippen LogP contribution in [0.3, 0.4) is 0 Å². The molecule has 2 saturated heterocycles. The molecular formula is C23H37N5O4S. The summed E-state index contributed by atoms with van der Waals surface area (Å²) in [4.78, 5) is 29.9. The van der Waals surface area contributed by atoms with Crippen molar-refractivity contribution < 1.29 is 18.0 Å². The Balaban J connectivity index is 1.56. The lowest BCUT2D eigenvalue weighted by Gasteiger charge is -2.32. The van der Waals surface area contributed by atoms with Crippen LogP contribution in [0.4, 0.5) is 0 Å². The molecule has 1 aromatic carbocycles. The summed E-state index contributed by atoms with van der Waals surface area (Å²) in [5, 5.41) is 5.89. The number of nitrogens with one attached hydrogen (secondary N) is 2. The molecule has 9 nitrogen and oxygen atoms in total. The van der Waals surface area contributed by atoms with E-state index in [9.17, 15) is 18.0 Å². The summed E-state index contributed by atoms with van der Waals surface area (Å²) in [6.45, 7) is 6.35. The van der Waals surface area contributed by atoms with Crippen molar-refractivity contribution in [2.45, 2.75) is 30.6 Å². The fourth-order valence-electron chi connectivity index (χ4n) is 4.27. The van der Waals surface area contributed by atoms with E-state index in [-0.39, 0.29) is 42.1 Å². The van der Waals surface area contributed by atoms with Crippen LogP contribution in [0.25, 0.3) is 0 Å². The second kappa shape index (κ2) is 12.5. The molecule has 2 amide bonds. The number of likely N-dealkylation sites (N-methyl/N-ethyl adjacent to an activating group) is 1. The van der Waals surface area contributed by atoms with Crippen LogP contribution in [0.2, 0.25) is 0 Å². The molecule has 1 aromatic rings. The number of piperazine rings is 1. The van der Waals surface area contributed by atoms with Crippen LogP contribution in [0.15, 0.2) is 35.2 Å². The van der Waals surface area contributed by atoms with Gasteiger partial charge in [-0.2, -0.15) is 4.31 Å². The highest BCUT2D eigenvalue weighted by molar-refractivity contribution is 7.89. The summed E-state index contributed by atoms with van der Waals surface area (Å²) in [6.07, 6.45) is 1.80. The maximum atomic E-state index is 13.1. The highest BCUT2D eigenvalue weighted by Gasteiger charge is 2.27. The van der Waals surface area contributed by atoms with Crippen molar-refractivity contribution in [3.8, 4) is 0 Å². The highest BCUT2D eigenvalue weighted by atomic mass is 32.2. The molecule has 2 aliphatic heterocycles. The Kier molecular flexibility index (Phi) is 9.66. The van der Waals surface area contributed by atoms with E-state index < -0.39 is 10.0 Å². The molecule has 3 rings (SSSR count). The minimum absolute atomic E-state index is 0.0184. The molecule has 0 spiro atoms. The van der Waals surface area contributed by atoms with Gasteiger partial charge in [0.1, 0.15) is 0 Å². The van der Waals surface area contributed by atoms with Crippen LogP contribution in [-0.2, 0) is 19.6 Å². The molecule has 0 bridgehead atoms. The Morgan fingerprint density at radius 1 is 1.06 bits per heavy atom. The number of benzene rings is 1. The van der Waals surface area contributed by atoms with Crippen molar-refractivity contribution in [2.24, 2.45) is 5.92 Å². The zero-order valence-corrected chi connectivity index (χ0v) is 20.4. The van der Waals surface area contributed by atoms with Crippen LogP contribution in [0, 0.1) is 5.92 Å². The number of carbonyl (C=O) groups excluding carboxylic acids is 2. The van der Waals surface area contributed by atoms with Crippen LogP contribution in [0.1, 0.15) is 25.7 Å². The van der Waals surface area contributed by atoms with Crippen molar-refractivity contribution in [1.29, 1.82) is 0 Å². The predicted octanol–water partition coefficient (Wildman–Crippen LogP) is 0.347. The van der Waals surface area contributed by atoms with Crippen LogP contribution in [0.5, 0.6) is 0 Å². The molecule has 10 heteroatoms. The van der Waals surface area contributed by atoms with Crippen LogP contribution in [-0.4, -0.2) is 100 Å². The van der Waals surface area contributed by atoms with E-state index in [2.05, 4.69) is 27.5 Å². The summed E-state index contributed by atoms with van der Waals surface area (Å²) in [5.41, 5.74) is 0. The molecule has 1 unspecified atom stereocenters. The molecule has 2 aliphatic rings. The number of nitrogens with zero attached hydrogens (tertiary/aromatic N) is 3. The zero-order valence-electron chi connectivity index (χ0n) is 19.5. The molecule has 1 atom stereocenters. The topological polar surface area (TPSA) is 102 Å². The Bertz CT molecular complexity index is 872. The third kappa shape index (κ3) is 7.77. The maximum Gasteiger partial charge on any atom is 0.243 e. The average molecular weight is 480 g/mol. The second-order valence-electron chi connectivity index (χ2n) is 8.88. The molecule has 0 saturated carbocycles. The smallest absolute Gasteiger partial charge is 0.243 e. The standard InChI is InChI=1S/C23H37N5O4S/c1-26-16-18-27(19-17-26)15-12-25-23(30)20-6-5-13-28(14-10-22(29)24-11-9-20)33(31,32)21-7-3-2-4-8-21/h2-4,7-8,20H,5-6,9-19H2,1H3,(H,24,29)(H,25,30). The lowest BCUT2D eigenvalue weighted by molar-refractivity contribution is -0.126. The van der Waals surface area contributed by atoms with Gasteiger partial charge in [-0.15, -0.1) is 0 Å². The molecule has 2 N–H and O–H groups in total. The quantitative estimate of drug-likeness (QED) is 0.611. The lowest BCUT2D eigenvalue weighted by atomic mass is 9.98. The van der Waals surface area contributed by atoms with E-state index in [1.54, 1.807) is 30.3 Å². The Morgan fingerprint density at radius 3 is 2.52 bits per heavy atom. The fraction of sp³-hybridized carbons (Fsp3) is 0.652. The van der Waals surface area contributed by atoms with Crippen molar-refractivity contribution in [2.75, 3.05) is 66.0 Å². The first-order chi connectivity index (χ1) is 15.9. The van der Waals surface area contributed by atoms with Gasteiger partial charge in [0.15, 0.2) is 0 Å². The second-order valence-corrected chi connectivity index (χ2v) is 10.8. The number of sulfonamides is 1. The largest absolute Gasteiger partial charge is 0.356 e. The number of rotatable bonds is 6. The first-order valence-corrected chi connectivity index (χ1v) is 13.3. The number of amides is 2. The molecule has 184 valence electrons. The first-order valence-electron chi connectivity index (χ1n) is 11.9. The van der Waals surface area contributed by atoms with Crippen molar-refractivity contribution in [1.82, 2.24) is 24.7 Å². The van der Waals surface area contributed by atoms with Gasteiger partial charge in [-0.25, -0.2) is 8.42 Å². The van der Waals surface area contributed by atoms with E-state index in [1.807, 2.05) is 0 Å². The Hall–Kier alpha value is -2.01. The monoisotopic (exact) mass is 479 g/mol. The lowest BCUT2D eigenvalue weighted by Crippen LogP contribution is -2.47. The van der Waals surface area contributed by atoms with E-state index in [0.717, 1.165) is 32.7 Å². The van der Waals surface area contributed by atoms with Gasteiger partial charge in [-0.05, 0) is 38.4 Å². The number of hydrogen-bond donors (Lipinski definition) is 2. The third-order valence-electron chi connectivity index (χ3n) is 6.44. The van der Waals surface area contributed by atoms with Gasteiger partial charge in [-0.1, -0.05) is 18.2 Å². The third-order valence-corrected chi connectivity index (χ3v) is 8.35. The molecule has 2 heterocycles. The highest BCUT2D eigenvalue weighted by Crippen LogP contribution is 2.19. The number of hydrogen-bond acceptors (Lipinski definition) is 6. The van der Waals surface area contributed by atoms with Crippen LogP contribution < -0.4 is 10.6 Å². The summed E-state index contributed by atoms with van der Waals surface area (Å²) >= 11 is 0. The van der Waals surface area contributed by atoms with Crippen molar-refractivity contribution >= 4 is 21.8 Å². The van der Waals surface area contributed by atoms with Crippen molar-refractivity contribution in [3.05, 3.63) is 30.3 Å². The Labute approximate surface area is 197 Å². The van der Waals surface area contributed by atoms with E-state index in [1.165, 1.54) is 4.31 Å². The van der Waals surface area contributed by atoms with Gasteiger partial charge >= 0.3 is 0 Å². The summed E-state index contributed by atoms with van der Waals surface area (Å²) < 4.78 is 27.5. The molecule has 0 radical (unpaired) electrons. The molecule has 2 fully saturated rings. The first kappa shape index (κ1) is 25.6. The molecule has 0 aromatic heterocycles. The average Bonchev–Trinajstić information content (AvgIpc) is 2.85. The van der Waals surface area contributed by atoms with Gasteiger partial charge in [0.25, 0.3) is 0 Å². The van der Waals surface area contributed by atoms with E-state index >= 15 is 0 Å².